The third-order valence-corrected chi connectivity index (χ3v) is 2.97. The Morgan fingerprint density at radius 1 is 1.25 bits per heavy atom. The molecule has 0 aromatic carbocycles. The van der Waals surface area contributed by atoms with Crippen LogP contribution >= 0.6 is 0 Å². The predicted molar refractivity (Wildman–Crippen MR) is 81.2 cm³/mol. The molecule has 1 aromatic heterocycles. The van der Waals surface area contributed by atoms with Gasteiger partial charge in [-0.2, -0.15) is 0 Å². The maximum absolute atomic E-state index is 12.1. The van der Waals surface area contributed by atoms with Gasteiger partial charge in [0.05, 0.1) is 0 Å². The molecule has 0 bridgehead atoms. The van der Waals surface area contributed by atoms with E-state index in [0.717, 1.165) is 25.3 Å². The molecule has 0 saturated carbocycles. The van der Waals surface area contributed by atoms with Gasteiger partial charge in [-0.1, -0.05) is 0 Å². The zero-order valence-electron chi connectivity index (χ0n) is 13.1. The summed E-state index contributed by atoms with van der Waals surface area (Å²) in [5, 5.41) is 2.87. The number of nitrogens with one attached hydrogen (secondary N) is 1. The number of hydrogen-bond donors (Lipinski definition) is 1. The van der Waals surface area contributed by atoms with Gasteiger partial charge in [0.15, 0.2) is 0 Å². The van der Waals surface area contributed by atoms with Crippen LogP contribution in [0.5, 0.6) is 0 Å². The Morgan fingerprint density at radius 3 is 2.45 bits per heavy atom. The van der Waals surface area contributed by atoms with Crippen molar-refractivity contribution < 1.29 is 4.79 Å². The summed E-state index contributed by atoms with van der Waals surface area (Å²) < 4.78 is 0. The van der Waals surface area contributed by atoms with Crippen LogP contribution in [0.4, 0.5) is 5.95 Å². The summed E-state index contributed by atoms with van der Waals surface area (Å²) in [5.41, 5.74) is 1.23. The first-order valence-electron chi connectivity index (χ1n) is 7.01. The molecule has 6 nitrogen and oxygen atoms in total. The molecule has 20 heavy (non-hydrogen) atoms. The third-order valence-electron chi connectivity index (χ3n) is 2.97. The van der Waals surface area contributed by atoms with Crippen LogP contribution < -0.4 is 10.2 Å². The summed E-state index contributed by atoms with van der Waals surface area (Å²) >= 11 is 0. The van der Waals surface area contributed by atoms with Gasteiger partial charge in [-0.15, -0.1) is 0 Å². The van der Waals surface area contributed by atoms with Crippen molar-refractivity contribution in [2.24, 2.45) is 0 Å². The number of aromatic nitrogens is 2. The maximum Gasteiger partial charge on any atom is 0.270 e. The average Bonchev–Trinajstić information content (AvgIpc) is 2.39. The van der Waals surface area contributed by atoms with E-state index in [9.17, 15) is 4.79 Å². The van der Waals surface area contributed by atoms with E-state index in [4.69, 9.17) is 0 Å². The van der Waals surface area contributed by atoms with Crippen LogP contribution in [-0.4, -0.2) is 61.0 Å². The Hall–Kier alpha value is -1.69. The van der Waals surface area contributed by atoms with Gasteiger partial charge >= 0.3 is 0 Å². The van der Waals surface area contributed by atoms with Crippen LogP contribution in [-0.2, 0) is 0 Å². The van der Waals surface area contributed by atoms with Gasteiger partial charge in [-0.25, -0.2) is 9.97 Å². The molecule has 0 unspecified atom stereocenters. The molecule has 0 aliphatic rings. The topological polar surface area (TPSA) is 61.4 Å². The Bertz CT molecular complexity index is 443. The minimum atomic E-state index is -0.147. The van der Waals surface area contributed by atoms with Crippen LogP contribution in [0.1, 0.15) is 30.0 Å². The molecule has 0 atom stereocenters. The molecule has 0 radical (unpaired) electrons. The van der Waals surface area contributed by atoms with Crippen molar-refractivity contribution in [2.45, 2.75) is 20.8 Å². The third kappa shape index (κ3) is 4.77. The van der Waals surface area contributed by atoms with Gasteiger partial charge in [0.25, 0.3) is 5.91 Å². The van der Waals surface area contributed by atoms with Crippen LogP contribution in [0.2, 0.25) is 0 Å². The van der Waals surface area contributed by atoms with Crippen molar-refractivity contribution in [1.29, 1.82) is 0 Å². The highest BCUT2D eigenvalue weighted by Gasteiger charge is 2.13. The molecule has 0 aliphatic heterocycles. The SMILES string of the molecule is CCN(CC)c1nc(C)cc(C(=O)NCCN(C)C)n1. The fourth-order valence-corrected chi connectivity index (χ4v) is 1.80. The highest BCUT2D eigenvalue weighted by molar-refractivity contribution is 5.92. The van der Waals surface area contributed by atoms with E-state index in [1.165, 1.54) is 0 Å². The van der Waals surface area contributed by atoms with Crippen molar-refractivity contribution in [3.63, 3.8) is 0 Å². The van der Waals surface area contributed by atoms with E-state index in [1.807, 2.05) is 44.7 Å². The van der Waals surface area contributed by atoms with Crippen molar-refractivity contribution >= 4 is 11.9 Å². The fourth-order valence-electron chi connectivity index (χ4n) is 1.80. The molecule has 1 rings (SSSR count). The summed E-state index contributed by atoms with van der Waals surface area (Å²) in [6, 6.07) is 1.72. The molecule has 0 spiro atoms. The van der Waals surface area contributed by atoms with Crippen molar-refractivity contribution in [1.82, 2.24) is 20.2 Å². The van der Waals surface area contributed by atoms with E-state index in [2.05, 4.69) is 15.3 Å². The number of hydrogen-bond acceptors (Lipinski definition) is 5. The molecule has 112 valence electrons. The standard InChI is InChI=1S/C14H25N5O/c1-6-19(7-2)14-16-11(3)10-12(17-14)13(20)15-8-9-18(4)5/h10H,6-9H2,1-5H3,(H,15,20). The second kappa shape index (κ2) is 7.79. The van der Waals surface area contributed by atoms with Gasteiger partial charge in [0.1, 0.15) is 5.69 Å². The first-order valence-corrected chi connectivity index (χ1v) is 7.01. The van der Waals surface area contributed by atoms with E-state index in [0.29, 0.717) is 18.2 Å². The minimum absolute atomic E-state index is 0.147. The zero-order valence-corrected chi connectivity index (χ0v) is 13.1. The Morgan fingerprint density at radius 2 is 1.90 bits per heavy atom. The summed E-state index contributed by atoms with van der Waals surface area (Å²) in [5.74, 6) is 0.471. The van der Waals surface area contributed by atoms with E-state index in [-0.39, 0.29) is 5.91 Å². The number of aryl methyl sites for hydroxylation is 1. The zero-order chi connectivity index (χ0) is 15.1. The quantitative estimate of drug-likeness (QED) is 0.804. The molecular formula is C14H25N5O. The van der Waals surface area contributed by atoms with E-state index in [1.54, 1.807) is 6.07 Å². The summed E-state index contributed by atoms with van der Waals surface area (Å²) in [6.45, 7) is 9.03. The Kier molecular flexibility index (Phi) is 6.38. The fraction of sp³-hybridized carbons (Fsp3) is 0.643. The summed E-state index contributed by atoms with van der Waals surface area (Å²) in [4.78, 5) is 24.9. The second-order valence-corrected chi connectivity index (χ2v) is 4.93. The smallest absolute Gasteiger partial charge is 0.270 e. The molecule has 1 heterocycles. The number of likely N-dealkylation sites (N-methyl/N-ethyl adjacent to an activating group) is 1. The summed E-state index contributed by atoms with van der Waals surface area (Å²) in [7, 11) is 3.94. The number of rotatable bonds is 7. The number of carbonyl (C=O) groups is 1. The lowest BCUT2D eigenvalue weighted by Crippen LogP contribution is -2.32. The molecule has 1 aromatic rings. The lowest BCUT2D eigenvalue weighted by atomic mass is 10.3. The molecule has 0 saturated heterocycles. The van der Waals surface area contributed by atoms with Gasteiger partial charge in [-0.3, -0.25) is 4.79 Å². The van der Waals surface area contributed by atoms with Crippen LogP contribution in [0.15, 0.2) is 6.07 Å². The van der Waals surface area contributed by atoms with Gasteiger partial charge < -0.3 is 15.1 Å². The van der Waals surface area contributed by atoms with Crippen molar-refractivity contribution in [3.8, 4) is 0 Å². The van der Waals surface area contributed by atoms with Gasteiger partial charge in [0, 0.05) is 31.9 Å². The van der Waals surface area contributed by atoms with Crippen LogP contribution in [0, 0.1) is 6.92 Å². The van der Waals surface area contributed by atoms with Crippen molar-refractivity contribution in [3.05, 3.63) is 17.5 Å². The molecule has 6 heteroatoms. The number of amides is 1. The van der Waals surface area contributed by atoms with Crippen LogP contribution in [0.25, 0.3) is 0 Å². The number of anilines is 1. The monoisotopic (exact) mass is 279 g/mol. The average molecular weight is 279 g/mol. The van der Waals surface area contributed by atoms with Crippen LogP contribution in [0.3, 0.4) is 0 Å². The number of carbonyl (C=O) groups excluding carboxylic acids is 1. The van der Waals surface area contributed by atoms with E-state index < -0.39 is 0 Å². The predicted octanol–water partition coefficient (Wildman–Crippen LogP) is 0.923. The highest BCUT2D eigenvalue weighted by Crippen LogP contribution is 2.10. The van der Waals surface area contributed by atoms with Crippen molar-refractivity contribution in [2.75, 3.05) is 45.2 Å². The minimum Gasteiger partial charge on any atom is -0.349 e. The number of nitrogens with zero attached hydrogens (tertiary/aromatic N) is 4. The van der Waals surface area contributed by atoms with Gasteiger partial charge in [0.2, 0.25) is 5.95 Å². The van der Waals surface area contributed by atoms with Gasteiger partial charge in [-0.05, 0) is 40.9 Å². The first-order chi connectivity index (χ1) is 9.47. The lowest BCUT2D eigenvalue weighted by molar-refractivity contribution is 0.0946. The first kappa shape index (κ1) is 16.4. The molecule has 0 aliphatic carbocycles. The molecule has 1 N–H and O–H groups in total. The Labute approximate surface area is 121 Å². The normalized spacial score (nSPS) is 10.7. The molecular weight excluding hydrogens is 254 g/mol. The summed E-state index contributed by atoms with van der Waals surface area (Å²) in [6.07, 6.45) is 0. The lowest BCUT2D eigenvalue weighted by Gasteiger charge is -2.19. The largest absolute Gasteiger partial charge is 0.349 e. The Balaban J connectivity index is 2.81. The molecule has 0 fully saturated rings. The second-order valence-electron chi connectivity index (χ2n) is 4.93. The highest BCUT2D eigenvalue weighted by atomic mass is 16.1. The molecule has 1 amide bonds. The van der Waals surface area contributed by atoms with E-state index >= 15 is 0 Å². The maximum atomic E-state index is 12.1.